The normalized spacial score (nSPS) is 10.4. The topological polar surface area (TPSA) is 85.6 Å². The zero-order valence-electron chi connectivity index (χ0n) is 14.8. The van der Waals surface area contributed by atoms with Crippen molar-refractivity contribution in [2.24, 2.45) is 0 Å². The van der Waals surface area contributed by atoms with Gasteiger partial charge in [0.05, 0.1) is 30.7 Å². The molecule has 1 heterocycles. The van der Waals surface area contributed by atoms with Gasteiger partial charge in [0, 0.05) is 36.5 Å². The number of nitrogens with zero attached hydrogens (tertiary/aromatic N) is 3. The van der Waals surface area contributed by atoms with Gasteiger partial charge in [0.1, 0.15) is 5.75 Å². The molecule has 0 aliphatic rings. The zero-order chi connectivity index (χ0) is 18.6. The minimum atomic E-state index is -0.469. The highest BCUT2D eigenvalue weighted by Crippen LogP contribution is 2.24. The fourth-order valence-electron chi connectivity index (χ4n) is 2.63. The molecule has 0 fully saturated rings. The third kappa shape index (κ3) is 4.32. The number of hydrogen-bond acceptors (Lipinski definition) is 5. The predicted octanol–water partition coefficient (Wildman–Crippen LogP) is 2.82. The molecule has 132 valence electrons. The largest absolute Gasteiger partial charge is 0.496 e. The van der Waals surface area contributed by atoms with Gasteiger partial charge in [-0.05, 0) is 19.4 Å². The summed E-state index contributed by atoms with van der Waals surface area (Å²) in [4.78, 5) is 28.7. The van der Waals surface area contributed by atoms with Crippen LogP contribution in [0.1, 0.15) is 22.4 Å². The third-order valence-electron chi connectivity index (χ3n) is 4.04. The van der Waals surface area contributed by atoms with Crippen molar-refractivity contribution < 1.29 is 14.5 Å². The van der Waals surface area contributed by atoms with Gasteiger partial charge in [-0.1, -0.05) is 12.1 Å². The molecule has 7 nitrogen and oxygen atoms in total. The number of aryl methyl sites for hydroxylation is 1. The lowest BCUT2D eigenvalue weighted by Gasteiger charge is -2.19. The van der Waals surface area contributed by atoms with E-state index in [2.05, 4.69) is 4.98 Å². The summed E-state index contributed by atoms with van der Waals surface area (Å²) in [6, 6.07) is 6.11. The fraction of sp³-hybridized carbons (Fsp3) is 0.333. The van der Waals surface area contributed by atoms with Gasteiger partial charge in [-0.2, -0.15) is 0 Å². The standard InChI is InChI=1S/C18H21N3O4/c1-12-10-19-16(13(2)18(12)25-4)11-20(3)17(22)9-14-6-5-7-15(8-14)21(23)24/h5-8,10H,9,11H2,1-4H3. The molecule has 0 saturated carbocycles. The van der Waals surface area contributed by atoms with Gasteiger partial charge in [0.25, 0.3) is 5.69 Å². The summed E-state index contributed by atoms with van der Waals surface area (Å²) in [5.74, 6) is 0.630. The first-order valence-corrected chi connectivity index (χ1v) is 7.79. The van der Waals surface area contributed by atoms with Crippen LogP contribution in [0.4, 0.5) is 5.69 Å². The molecule has 0 atom stereocenters. The molecule has 0 spiro atoms. The summed E-state index contributed by atoms with van der Waals surface area (Å²) in [5.41, 5.74) is 3.19. The predicted molar refractivity (Wildman–Crippen MR) is 93.5 cm³/mol. The van der Waals surface area contributed by atoms with Crippen LogP contribution in [-0.4, -0.2) is 34.9 Å². The van der Waals surface area contributed by atoms with E-state index in [1.807, 2.05) is 13.8 Å². The van der Waals surface area contributed by atoms with E-state index in [9.17, 15) is 14.9 Å². The van der Waals surface area contributed by atoms with Crippen LogP contribution >= 0.6 is 0 Å². The molecule has 2 rings (SSSR count). The third-order valence-corrected chi connectivity index (χ3v) is 4.04. The van der Waals surface area contributed by atoms with E-state index in [1.54, 1.807) is 37.4 Å². The van der Waals surface area contributed by atoms with Crippen LogP contribution in [0.2, 0.25) is 0 Å². The van der Waals surface area contributed by atoms with Crippen molar-refractivity contribution in [2.45, 2.75) is 26.8 Å². The van der Waals surface area contributed by atoms with Gasteiger partial charge in [0.15, 0.2) is 0 Å². The Morgan fingerprint density at radius 2 is 2.08 bits per heavy atom. The first kappa shape index (κ1) is 18.4. The number of methoxy groups -OCH3 is 1. The molecule has 1 aromatic heterocycles. The first-order chi connectivity index (χ1) is 11.8. The van der Waals surface area contributed by atoms with Crippen LogP contribution in [0.25, 0.3) is 0 Å². The van der Waals surface area contributed by atoms with Gasteiger partial charge in [-0.15, -0.1) is 0 Å². The monoisotopic (exact) mass is 343 g/mol. The van der Waals surface area contributed by atoms with Crippen LogP contribution in [0.3, 0.4) is 0 Å². The van der Waals surface area contributed by atoms with E-state index in [4.69, 9.17) is 4.74 Å². The van der Waals surface area contributed by atoms with Crippen molar-refractivity contribution in [1.29, 1.82) is 0 Å². The zero-order valence-corrected chi connectivity index (χ0v) is 14.8. The van der Waals surface area contributed by atoms with Gasteiger partial charge >= 0.3 is 0 Å². The van der Waals surface area contributed by atoms with E-state index >= 15 is 0 Å². The number of hydrogen-bond donors (Lipinski definition) is 0. The summed E-state index contributed by atoms with van der Waals surface area (Å²) < 4.78 is 5.38. The second-order valence-electron chi connectivity index (χ2n) is 5.90. The Balaban J connectivity index is 2.11. The van der Waals surface area contributed by atoms with Crippen molar-refractivity contribution in [3.05, 3.63) is 63.0 Å². The highest BCUT2D eigenvalue weighted by Gasteiger charge is 2.16. The number of nitro benzene ring substituents is 1. The van der Waals surface area contributed by atoms with Crippen molar-refractivity contribution in [3.63, 3.8) is 0 Å². The Morgan fingerprint density at radius 3 is 2.72 bits per heavy atom. The maximum Gasteiger partial charge on any atom is 0.269 e. The minimum Gasteiger partial charge on any atom is -0.496 e. The molecule has 7 heteroatoms. The van der Waals surface area contributed by atoms with Crippen LogP contribution in [0.15, 0.2) is 30.5 Å². The molecule has 1 aromatic carbocycles. The van der Waals surface area contributed by atoms with E-state index in [-0.39, 0.29) is 18.0 Å². The van der Waals surface area contributed by atoms with Crippen molar-refractivity contribution >= 4 is 11.6 Å². The van der Waals surface area contributed by atoms with Gasteiger partial charge < -0.3 is 9.64 Å². The average molecular weight is 343 g/mol. The minimum absolute atomic E-state index is 0.0197. The number of pyridine rings is 1. The first-order valence-electron chi connectivity index (χ1n) is 7.79. The smallest absolute Gasteiger partial charge is 0.269 e. The molecule has 0 unspecified atom stereocenters. The molecule has 0 aliphatic carbocycles. The van der Waals surface area contributed by atoms with E-state index in [0.717, 1.165) is 22.6 Å². The number of carbonyl (C=O) groups is 1. The van der Waals surface area contributed by atoms with E-state index < -0.39 is 4.92 Å². The Morgan fingerprint density at radius 1 is 1.36 bits per heavy atom. The number of aromatic nitrogens is 1. The fourth-order valence-corrected chi connectivity index (χ4v) is 2.63. The SMILES string of the molecule is COc1c(C)cnc(CN(C)C(=O)Cc2cccc([N+](=O)[O-])c2)c1C. The number of likely N-dealkylation sites (N-methyl/N-ethyl adjacent to an activating group) is 1. The summed E-state index contributed by atoms with van der Waals surface area (Å²) in [5, 5.41) is 10.8. The lowest BCUT2D eigenvalue weighted by atomic mass is 10.1. The summed E-state index contributed by atoms with van der Waals surface area (Å²) >= 11 is 0. The molecule has 0 saturated heterocycles. The molecule has 1 amide bonds. The number of nitro groups is 1. The van der Waals surface area contributed by atoms with E-state index in [0.29, 0.717) is 12.1 Å². The van der Waals surface area contributed by atoms with Crippen LogP contribution < -0.4 is 4.74 Å². The summed E-state index contributed by atoms with van der Waals surface area (Å²) in [6.45, 7) is 4.17. The summed E-state index contributed by atoms with van der Waals surface area (Å²) in [7, 11) is 3.30. The maximum absolute atomic E-state index is 12.4. The Kier molecular flexibility index (Phi) is 5.69. The Hall–Kier alpha value is -2.96. The molecular formula is C18H21N3O4. The number of amides is 1. The number of rotatable bonds is 6. The number of carbonyl (C=O) groups excluding carboxylic acids is 1. The van der Waals surface area contributed by atoms with Gasteiger partial charge in [-0.3, -0.25) is 19.9 Å². The maximum atomic E-state index is 12.4. The van der Waals surface area contributed by atoms with Crippen LogP contribution in [-0.2, 0) is 17.8 Å². The molecule has 0 aliphatic heterocycles. The molecule has 2 aromatic rings. The molecular weight excluding hydrogens is 322 g/mol. The Labute approximate surface area is 146 Å². The molecule has 0 bridgehead atoms. The van der Waals surface area contributed by atoms with Gasteiger partial charge in [0.2, 0.25) is 5.91 Å². The lowest BCUT2D eigenvalue weighted by Crippen LogP contribution is -2.28. The van der Waals surface area contributed by atoms with Gasteiger partial charge in [-0.25, -0.2) is 0 Å². The van der Waals surface area contributed by atoms with Crippen LogP contribution in [0.5, 0.6) is 5.75 Å². The number of benzene rings is 1. The second-order valence-corrected chi connectivity index (χ2v) is 5.90. The molecule has 25 heavy (non-hydrogen) atoms. The lowest BCUT2D eigenvalue weighted by molar-refractivity contribution is -0.384. The highest BCUT2D eigenvalue weighted by atomic mass is 16.6. The highest BCUT2D eigenvalue weighted by molar-refractivity contribution is 5.78. The van der Waals surface area contributed by atoms with Crippen molar-refractivity contribution in [1.82, 2.24) is 9.88 Å². The quantitative estimate of drug-likeness (QED) is 0.595. The van der Waals surface area contributed by atoms with E-state index in [1.165, 1.54) is 12.1 Å². The van der Waals surface area contributed by atoms with Crippen molar-refractivity contribution in [2.75, 3.05) is 14.2 Å². The molecule has 0 radical (unpaired) electrons. The number of non-ortho nitro benzene ring substituents is 1. The Bertz CT molecular complexity index is 805. The number of ether oxygens (including phenoxy) is 1. The molecule has 0 N–H and O–H groups in total. The summed E-state index contributed by atoms with van der Waals surface area (Å²) in [6.07, 6.45) is 1.82. The second kappa shape index (κ2) is 7.74. The van der Waals surface area contributed by atoms with Crippen molar-refractivity contribution in [3.8, 4) is 5.75 Å². The average Bonchev–Trinajstić information content (AvgIpc) is 2.58. The van der Waals surface area contributed by atoms with Crippen LogP contribution in [0, 0.1) is 24.0 Å².